The number of fused-ring (bicyclic) bond motifs is 1. The van der Waals surface area contributed by atoms with Crippen LogP contribution in [0.1, 0.15) is 31.2 Å². The van der Waals surface area contributed by atoms with E-state index < -0.39 is 0 Å². The van der Waals surface area contributed by atoms with E-state index in [2.05, 4.69) is 29.1 Å². The fraction of sp³-hybridized carbons (Fsp3) is 0.429. The van der Waals surface area contributed by atoms with Gasteiger partial charge in [-0.3, -0.25) is 9.78 Å². The van der Waals surface area contributed by atoms with Crippen molar-refractivity contribution >= 4 is 16.8 Å². The molecule has 2 heterocycles. The first-order valence-electron chi connectivity index (χ1n) is 12.1. The third-order valence-electron chi connectivity index (χ3n) is 6.90. The van der Waals surface area contributed by atoms with Gasteiger partial charge in [0.15, 0.2) is 5.76 Å². The van der Waals surface area contributed by atoms with Crippen LogP contribution in [0, 0.1) is 0 Å². The second-order valence-corrected chi connectivity index (χ2v) is 9.12. The number of aromatic nitrogens is 1. The molecule has 0 bridgehead atoms. The van der Waals surface area contributed by atoms with E-state index in [0.29, 0.717) is 48.4 Å². The average molecular weight is 478 g/mol. The molecule has 1 aromatic heterocycles. The smallest absolute Gasteiger partial charge is 0.254 e. The van der Waals surface area contributed by atoms with E-state index in [1.807, 2.05) is 29.3 Å². The maximum atomic E-state index is 13.9. The third kappa shape index (κ3) is 5.85. The second-order valence-electron chi connectivity index (χ2n) is 9.12. The maximum Gasteiger partial charge on any atom is 0.254 e. The number of amides is 1. The Kier molecular flexibility index (Phi) is 8.08. The van der Waals surface area contributed by atoms with Crippen LogP contribution < -0.4 is 0 Å². The molecule has 1 aromatic carbocycles. The zero-order valence-corrected chi connectivity index (χ0v) is 21.1. The number of benzene rings is 1. The topological polar surface area (TPSA) is 64.1 Å². The van der Waals surface area contributed by atoms with Gasteiger partial charge in [0, 0.05) is 36.3 Å². The van der Waals surface area contributed by atoms with Gasteiger partial charge in [-0.2, -0.15) is 0 Å². The van der Waals surface area contributed by atoms with E-state index in [4.69, 9.17) is 14.2 Å². The van der Waals surface area contributed by atoms with Crippen LogP contribution in [-0.2, 0) is 25.5 Å². The van der Waals surface area contributed by atoms with Crippen LogP contribution in [-0.4, -0.2) is 68.2 Å². The summed E-state index contributed by atoms with van der Waals surface area (Å²) in [6, 6.07) is 10.6. The molecule has 1 aliphatic carbocycles. The van der Waals surface area contributed by atoms with Crippen LogP contribution in [0.2, 0.25) is 0 Å². The van der Waals surface area contributed by atoms with Gasteiger partial charge in [0.1, 0.15) is 11.5 Å². The minimum absolute atomic E-state index is 0.0692. The Hall–Kier alpha value is -3.32. The van der Waals surface area contributed by atoms with Crippen LogP contribution in [0.5, 0.6) is 0 Å². The largest absolute Gasteiger partial charge is 0.501 e. The molecular weight excluding hydrogens is 442 g/mol. The normalized spacial score (nSPS) is 18.7. The number of hydrogen-bond donors (Lipinski definition) is 0. The first kappa shape index (κ1) is 24.8. The highest BCUT2D eigenvalue weighted by Gasteiger charge is 2.26. The van der Waals surface area contributed by atoms with E-state index in [0.717, 1.165) is 29.4 Å². The van der Waals surface area contributed by atoms with Gasteiger partial charge < -0.3 is 24.0 Å². The summed E-state index contributed by atoms with van der Waals surface area (Å²) in [5.74, 6) is 1.74. The van der Waals surface area contributed by atoms with Crippen LogP contribution >= 0.6 is 0 Å². The van der Waals surface area contributed by atoms with Crippen molar-refractivity contribution in [1.82, 2.24) is 14.8 Å². The van der Waals surface area contributed by atoms with Gasteiger partial charge in [0.2, 0.25) is 0 Å². The van der Waals surface area contributed by atoms with Crippen LogP contribution in [0.15, 0.2) is 71.5 Å². The average Bonchev–Trinajstić information content (AvgIpc) is 3.20. The van der Waals surface area contributed by atoms with Crippen molar-refractivity contribution in [2.45, 2.75) is 38.3 Å². The molecule has 1 amide bonds. The third-order valence-corrected chi connectivity index (χ3v) is 6.90. The summed E-state index contributed by atoms with van der Waals surface area (Å²) >= 11 is 0. The van der Waals surface area contributed by atoms with Crippen molar-refractivity contribution in [3.05, 3.63) is 77.1 Å². The number of pyridine rings is 1. The predicted molar refractivity (Wildman–Crippen MR) is 136 cm³/mol. The molecule has 1 unspecified atom stereocenters. The molecule has 1 saturated heterocycles. The van der Waals surface area contributed by atoms with Crippen molar-refractivity contribution in [3.8, 4) is 0 Å². The fourth-order valence-corrected chi connectivity index (χ4v) is 4.84. The Morgan fingerprint density at radius 1 is 1.14 bits per heavy atom. The van der Waals surface area contributed by atoms with E-state index in [1.54, 1.807) is 33.5 Å². The first-order valence-corrected chi connectivity index (χ1v) is 12.1. The Morgan fingerprint density at radius 2 is 1.97 bits per heavy atom. The lowest BCUT2D eigenvalue weighted by molar-refractivity contribution is -0.127. The molecule has 0 spiro atoms. The molecule has 2 aliphatic rings. The number of ether oxygens (including phenoxy) is 3. The molecule has 35 heavy (non-hydrogen) atoms. The minimum atomic E-state index is -0.0692. The summed E-state index contributed by atoms with van der Waals surface area (Å²) < 4.78 is 16.6. The summed E-state index contributed by atoms with van der Waals surface area (Å²) in [5, 5.41) is 1.07. The lowest BCUT2D eigenvalue weighted by Crippen LogP contribution is -2.36. The summed E-state index contributed by atoms with van der Waals surface area (Å²) in [7, 11) is 6.95. The highest BCUT2D eigenvalue weighted by molar-refractivity contribution is 5.97. The predicted octanol–water partition coefficient (Wildman–Crippen LogP) is 4.41. The zero-order valence-electron chi connectivity index (χ0n) is 21.1. The lowest BCUT2D eigenvalue weighted by atomic mass is 10.1. The summed E-state index contributed by atoms with van der Waals surface area (Å²) in [4.78, 5) is 22.8. The molecule has 0 saturated carbocycles. The molecule has 7 heteroatoms. The first-order chi connectivity index (χ1) is 17.0. The lowest BCUT2D eigenvalue weighted by Gasteiger charge is -2.27. The highest BCUT2D eigenvalue weighted by Crippen LogP contribution is 2.27. The molecule has 186 valence electrons. The highest BCUT2D eigenvalue weighted by atomic mass is 16.5. The van der Waals surface area contributed by atoms with E-state index in [1.165, 1.54) is 12.8 Å². The van der Waals surface area contributed by atoms with Crippen molar-refractivity contribution in [1.29, 1.82) is 0 Å². The molecule has 1 atom stereocenters. The second kappa shape index (κ2) is 11.4. The van der Waals surface area contributed by atoms with Gasteiger partial charge in [0.05, 0.1) is 33.3 Å². The number of hydrogen-bond acceptors (Lipinski definition) is 6. The summed E-state index contributed by atoms with van der Waals surface area (Å²) in [6.45, 7) is 2.24. The molecule has 1 fully saturated rings. The van der Waals surface area contributed by atoms with Crippen LogP contribution in [0.4, 0.5) is 0 Å². The summed E-state index contributed by atoms with van der Waals surface area (Å²) in [5.41, 5.74) is 2.46. The molecule has 0 N–H and O–H groups in total. The molecular formula is C28H35N3O4. The van der Waals surface area contributed by atoms with Crippen molar-refractivity contribution in [2.75, 3.05) is 41.5 Å². The zero-order chi connectivity index (χ0) is 24.8. The number of para-hydroxylation sites is 1. The van der Waals surface area contributed by atoms with Gasteiger partial charge >= 0.3 is 0 Å². The van der Waals surface area contributed by atoms with Gasteiger partial charge in [0.25, 0.3) is 5.91 Å². The molecule has 2 aromatic rings. The number of likely N-dealkylation sites (tertiary alicyclic amines) is 1. The van der Waals surface area contributed by atoms with Crippen molar-refractivity contribution in [2.24, 2.45) is 0 Å². The Morgan fingerprint density at radius 3 is 2.69 bits per heavy atom. The van der Waals surface area contributed by atoms with E-state index in [9.17, 15) is 4.79 Å². The maximum absolute atomic E-state index is 13.9. The fourth-order valence-electron chi connectivity index (χ4n) is 4.84. The van der Waals surface area contributed by atoms with E-state index >= 15 is 0 Å². The SMILES string of the molecule is COC1=CC(C(=O)N(CCC2CCCN2C)Cc2cnc3ccccc3c2)=CC(OC)=C(OC)C1. The van der Waals surface area contributed by atoms with Crippen molar-refractivity contribution < 1.29 is 19.0 Å². The molecule has 1 aliphatic heterocycles. The number of nitrogens with zero attached hydrogens (tertiary/aromatic N) is 3. The Labute approximate surface area is 207 Å². The standard InChI is InChI=1S/C28H35N3O4/c1-30-12-7-9-23(30)11-13-31(19-20-14-21-8-5-6-10-25(21)29-18-20)28(32)22-15-24(33-2)17-27(35-4)26(16-22)34-3/h5-6,8,10,14-16,18,23H,7,9,11-13,17,19H2,1-4H3. The Balaban J connectivity index is 1.64. The number of methoxy groups -OCH3 is 3. The quantitative estimate of drug-likeness (QED) is 0.533. The van der Waals surface area contributed by atoms with Crippen LogP contribution in [0.25, 0.3) is 10.9 Å². The van der Waals surface area contributed by atoms with E-state index in [-0.39, 0.29) is 5.91 Å². The number of carbonyl (C=O) groups is 1. The van der Waals surface area contributed by atoms with Gasteiger partial charge in [-0.25, -0.2) is 0 Å². The van der Waals surface area contributed by atoms with Gasteiger partial charge in [-0.05, 0) is 62.7 Å². The monoisotopic (exact) mass is 477 g/mol. The van der Waals surface area contributed by atoms with Gasteiger partial charge in [-0.15, -0.1) is 0 Å². The Bertz CT molecular complexity index is 1150. The molecule has 7 nitrogen and oxygen atoms in total. The molecule has 0 radical (unpaired) electrons. The van der Waals surface area contributed by atoms with Gasteiger partial charge in [-0.1, -0.05) is 18.2 Å². The van der Waals surface area contributed by atoms with Crippen molar-refractivity contribution in [3.63, 3.8) is 0 Å². The minimum Gasteiger partial charge on any atom is -0.501 e. The molecule has 4 rings (SSSR count). The summed E-state index contributed by atoms with van der Waals surface area (Å²) in [6.07, 6.45) is 9.13. The number of allylic oxidation sites excluding steroid dienone is 1. The number of rotatable bonds is 9. The van der Waals surface area contributed by atoms with Crippen LogP contribution in [0.3, 0.4) is 0 Å². The number of carbonyl (C=O) groups excluding carboxylic acids is 1.